The highest BCUT2D eigenvalue weighted by Crippen LogP contribution is 2.31. The van der Waals surface area contributed by atoms with Crippen molar-refractivity contribution >= 4 is 28.4 Å². The number of fused-ring (bicyclic) bond motifs is 1. The van der Waals surface area contributed by atoms with Crippen LogP contribution in [0.2, 0.25) is 0 Å². The number of esters is 2. The third-order valence-electron chi connectivity index (χ3n) is 4.72. The number of ether oxygens (including phenoxy) is 2. The van der Waals surface area contributed by atoms with E-state index in [1.54, 1.807) is 26.0 Å². The molecule has 30 heavy (non-hydrogen) atoms. The van der Waals surface area contributed by atoms with Crippen LogP contribution in [0.15, 0.2) is 66.7 Å². The summed E-state index contributed by atoms with van der Waals surface area (Å²) in [5.41, 5.74) is 1.28. The molecule has 5 nitrogen and oxygen atoms in total. The average molecular weight is 409 g/mol. The zero-order valence-corrected chi connectivity index (χ0v) is 16.9. The number of hydrogen-bond acceptors (Lipinski definition) is 5. The van der Waals surface area contributed by atoms with Crippen LogP contribution in [-0.4, -0.2) is 25.2 Å². The van der Waals surface area contributed by atoms with E-state index in [1.807, 2.05) is 42.5 Å². The topological polar surface area (TPSA) is 64.6 Å². The third kappa shape index (κ3) is 4.95. The van der Waals surface area contributed by atoms with E-state index < -0.39 is 29.7 Å². The van der Waals surface area contributed by atoms with Crippen molar-refractivity contribution in [1.29, 1.82) is 0 Å². The van der Waals surface area contributed by atoms with E-state index in [4.69, 9.17) is 9.47 Å². The Morgan fingerprint density at radius 2 is 1.47 bits per heavy atom. The van der Waals surface area contributed by atoms with Crippen LogP contribution in [0.25, 0.3) is 10.8 Å². The van der Waals surface area contributed by atoms with Crippen LogP contribution >= 0.6 is 0 Å². The Kier molecular flexibility index (Phi) is 7.01. The summed E-state index contributed by atoms with van der Waals surface area (Å²) >= 11 is 0. The van der Waals surface area contributed by atoms with Crippen molar-refractivity contribution in [3.05, 3.63) is 78.1 Å². The number of hydrogen-bond donors (Lipinski definition) is 1. The van der Waals surface area contributed by atoms with Gasteiger partial charge in [-0.25, -0.2) is 4.39 Å². The van der Waals surface area contributed by atoms with Crippen molar-refractivity contribution in [2.45, 2.75) is 19.9 Å². The Labute approximate surface area is 174 Å². The van der Waals surface area contributed by atoms with Gasteiger partial charge in [0.2, 0.25) is 0 Å². The molecule has 0 saturated heterocycles. The van der Waals surface area contributed by atoms with E-state index in [0.29, 0.717) is 11.3 Å². The molecule has 0 aliphatic heterocycles. The Hall–Kier alpha value is -3.41. The standard InChI is InChI=1S/C24H24FNO4/c1-3-29-23(27)21(24(28)30-4-2)22(17-9-12-19(25)13-10-17)26-20-14-11-16-7-5-6-8-18(16)15-20/h5-15,21-22,26H,3-4H2,1-2H3/t22-/m1/s1. The number of halogens is 1. The highest BCUT2D eigenvalue weighted by Gasteiger charge is 2.38. The Bertz CT molecular complexity index is 1000. The van der Waals surface area contributed by atoms with Crippen LogP contribution in [0.4, 0.5) is 10.1 Å². The molecular formula is C24H24FNO4. The SMILES string of the molecule is CCOC(=O)C(C(=O)OCC)[C@H](Nc1ccc2ccccc2c1)c1ccc(F)cc1. The van der Waals surface area contributed by atoms with Gasteiger partial charge in [-0.05, 0) is 54.4 Å². The molecule has 0 bridgehead atoms. The van der Waals surface area contributed by atoms with Crippen molar-refractivity contribution in [3.63, 3.8) is 0 Å². The summed E-state index contributed by atoms with van der Waals surface area (Å²) in [7, 11) is 0. The zero-order chi connectivity index (χ0) is 21.5. The zero-order valence-electron chi connectivity index (χ0n) is 16.9. The normalized spacial score (nSPS) is 11.9. The first-order chi connectivity index (χ1) is 14.5. The van der Waals surface area contributed by atoms with Crippen LogP contribution < -0.4 is 5.32 Å². The summed E-state index contributed by atoms with van der Waals surface area (Å²) in [5, 5.41) is 5.33. The second kappa shape index (κ2) is 9.87. The van der Waals surface area contributed by atoms with Crippen LogP contribution in [0.3, 0.4) is 0 Å². The first kappa shape index (κ1) is 21.3. The van der Waals surface area contributed by atoms with E-state index in [2.05, 4.69) is 5.32 Å². The second-order valence-electron chi connectivity index (χ2n) is 6.72. The number of rotatable bonds is 8. The fourth-order valence-corrected chi connectivity index (χ4v) is 3.32. The van der Waals surface area contributed by atoms with Crippen molar-refractivity contribution in [1.82, 2.24) is 0 Å². The Balaban J connectivity index is 2.03. The second-order valence-corrected chi connectivity index (χ2v) is 6.72. The summed E-state index contributed by atoms with van der Waals surface area (Å²) in [6.07, 6.45) is 0. The number of carbonyl (C=O) groups excluding carboxylic acids is 2. The first-order valence-electron chi connectivity index (χ1n) is 9.87. The lowest BCUT2D eigenvalue weighted by molar-refractivity contribution is -0.162. The van der Waals surface area contributed by atoms with E-state index in [0.717, 1.165) is 10.8 Å². The van der Waals surface area contributed by atoms with Crippen molar-refractivity contribution < 1.29 is 23.5 Å². The van der Waals surface area contributed by atoms with Crippen LogP contribution in [0.5, 0.6) is 0 Å². The number of benzene rings is 3. The molecule has 0 unspecified atom stereocenters. The van der Waals surface area contributed by atoms with E-state index in [-0.39, 0.29) is 13.2 Å². The molecule has 3 aromatic carbocycles. The van der Waals surface area contributed by atoms with Gasteiger partial charge < -0.3 is 14.8 Å². The minimum Gasteiger partial charge on any atom is -0.465 e. The van der Waals surface area contributed by atoms with Gasteiger partial charge in [-0.15, -0.1) is 0 Å². The maximum atomic E-state index is 13.5. The average Bonchev–Trinajstić information content (AvgIpc) is 2.74. The van der Waals surface area contributed by atoms with Gasteiger partial charge in [0.05, 0.1) is 19.3 Å². The number of anilines is 1. The minimum absolute atomic E-state index is 0.126. The lowest BCUT2D eigenvalue weighted by Crippen LogP contribution is -2.36. The predicted molar refractivity (Wildman–Crippen MR) is 113 cm³/mol. The quantitative estimate of drug-likeness (QED) is 0.425. The van der Waals surface area contributed by atoms with E-state index in [9.17, 15) is 14.0 Å². The summed E-state index contributed by atoms with van der Waals surface area (Å²) in [4.78, 5) is 25.4. The van der Waals surface area contributed by atoms with Crippen LogP contribution in [-0.2, 0) is 19.1 Å². The van der Waals surface area contributed by atoms with Crippen molar-refractivity contribution in [2.75, 3.05) is 18.5 Å². The molecule has 0 amide bonds. The van der Waals surface area contributed by atoms with Gasteiger partial charge in [0.25, 0.3) is 0 Å². The molecule has 0 heterocycles. The van der Waals surface area contributed by atoms with Gasteiger partial charge >= 0.3 is 11.9 Å². The highest BCUT2D eigenvalue weighted by atomic mass is 19.1. The first-order valence-corrected chi connectivity index (χ1v) is 9.87. The fraction of sp³-hybridized carbons (Fsp3) is 0.250. The third-order valence-corrected chi connectivity index (χ3v) is 4.72. The van der Waals surface area contributed by atoms with Gasteiger partial charge in [0.15, 0.2) is 5.92 Å². The maximum absolute atomic E-state index is 13.5. The van der Waals surface area contributed by atoms with Crippen LogP contribution in [0, 0.1) is 11.7 Å². The number of carbonyl (C=O) groups is 2. The molecule has 156 valence electrons. The largest absolute Gasteiger partial charge is 0.465 e. The lowest BCUT2D eigenvalue weighted by atomic mass is 9.92. The van der Waals surface area contributed by atoms with Crippen LogP contribution in [0.1, 0.15) is 25.5 Å². The maximum Gasteiger partial charge on any atom is 0.322 e. The van der Waals surface area contributed by atoms with Gasteiger partial charge in [0, 0.05) is 5.69 Å². The summed E-state index contributed by atoms with van der Waals surface area (Å²) in [6, 6.07) is 18.5. The molecule has 6 heteroatoms. The molecule has 3 rings (SSSR count). The van der Waals surface area contributed by atoms with Gasteiger partial charge in [-0.3, -0.25) is 9.59 Å². The Morgan fingerprint density at radius 1 is 0.867 bits per heavy atom. The minimum atomic E-state index is -1.25. The van der Waals surface area contributed by atoms with Gasteiger partial charge in [-0.2, -0.15) is 0 Å². The molecule has 0 aromatic heterocycles. The van der Waals surface area contributed by atoms with Gasteiger partial charge in [0.1, 0.15) is 5.82 Å². The molecule has 0 aliphatic rings. The fourth-order valence-electron chi connectivity index (χ4n) is 3.32. The molecule has 0 aliphatic carbocycles. The molecule has 1 N–H and O–H groups in total. The monoisotopic (exact) mass is 409 g/mol. The molecule has 1 atom stereocenters. The predicted octanol–water partition coefficient (Wildman–Crippen LogP) is 4.87. The summed E-state index contributed by atoms with van der Waals surface area (Å²) < 4.78 is 23.8. The highest BCUT2D eigenvalue weighted by molar-refractivity contribution is 5.96. The molecule has 0 fully saturated rings. The smallest absolute Gasteiger partial charge is 0.322 e. The van der Waals surface area contributed by atoms with E-state index >= 15 is 0 Å². The lowest BCUT2D eigenvalue weighted by Gasteiger charge is -2.26. The molecular weight excluding hydrogens is 385 g/mol. The van der Waals surface area contributed by atoms with Gasteiger partial charge in [-0.1, -0.05) is 42.5 Å². The molecule has 3 aromatic rings. The molecule has 0 spiro atoms. The van der Waals surface area contributed by atoms with Crippen molar-refractivity contribution in [3.8, 4) is 0 Å². The molecule has 0 radical (unpaired) electrons. The number of nitrogens with one attached hydrogen (secondary N) is 1. The summed E-state index contributed by atoms with van der Waals surface area (Å²) in [6.45, 7) is 3.59. The van der Waals surface area contributed by atoms with E-state index in [1.165, 1.54) is 12.1 Å². The van der Waals surface area contributed by atoms with Crippen molar-refractivity contribution in [2.24, 2.45) is 5.92 Å². The molecule has 0 saturated carbocycles. The Morgan fingerprint density at radius 3 is 2.07 bits per heavy atom. The summed E-state index contributed by atoms with van der Waals surface area (Å²) in [5.74, 6) is -3.05.